The lowest BCUT2D eigenvalue weighted by atomic mass is 11.0. The second-order valence-corrected chi connectivity index (χ2v) is 1.23. The van der Waals surface area contributed by atoms with Gasteiger partial charge < -0.3 is 0 Å². The molecule has 0 spiro atoms. The van der Waals surface area contributed by atoms with Crippen molar-refractivity contribution in [1.29, 1.82) is 0 Å². The quantitative estimate of drug-likeness (QED) is 0.277. The predicted octanol–water partition coefficient (Wildman–Crippen LogP) is -0.506. The zero-order valence-corrected chi connectivity index (χ0v) is 3.78. The number of nitrogens with one attached hydrogen (secondary N) is 1. The fraction of sp³-hybridized carbons (Fsp3) is 1.00. The summed E-state index contributed by atoms with van der Waals surface area (Å²) in [4.78, 5) is 0. The van der Waals surface area contributed by atoms with Crippen LogP contribution < -0.4 is 17.2 Å². The molecule has 3 nitrogen and oxygen atoms in total. The van der Waals surface area contributed by atoms with Gasteiger partial charge in [-0.1, -0.05) is 19.3 Å². The molecule has 1 aliphatic carbocycles. The van der Waals surface area contributed by atoms with Crippen LogP contribution in [0.2, 0.25) is 0 Å². The minimum absolute atomic E-state index is 1.50. The second kappa shape index (κ2) is 4.88. The van der Waals surface area contributed by atoms with Crippen molar-refractivity contribution in [3.05, 3.63) is 0 Å². The van der Waals surface area contributed by atoms with Crippen molar-refractivity contribution in [2.75, 3.05) is 0 Å². The molecule has 0 amide bonds. The van der Waals surface area contributed by atoms with E-state index in [1.54, 1.807) is 5.53 Å². The second-order valence-electron chi connectivity index (χ2n) is 1.23. The van der Waals surface area contributed by atoms with Gasteiger partial charge in [-0.25, -0.2) is 0 Å². The molecular formula is C3H11N3. The number of nitrogens with two attached hydrogens (primary N) is 2. The van der Waals surface area contributed by atoms with Crippen LogP contribution in [0.4, 0.5) is 0 Å². The van der Waals surface area contributed by atoms with E-state index in [4.69, 9.17) is 0 Å². The molecule has 1 fully saturated rings. The van der Waals surface area contributed by atoms with Crippen molar-refractivity contribution in [2.24, 2.45) is 11.7 Å². The molecule has 1 rings (SSSR count). The van der Waals surface area contributed by atoms with Gasteiger partial charge in [-0.2, -0.15) is 5.53 Å². The maximum Gasteiger partial charge on any atom is -0.0533 e. The van der Waals surface area contributed by atoms with Crippen molar-refractivity contribution in [2.45, 2.75) is 19.3 Å². The van der Waals surface area contributed by atoms with Crippen molar-refractivity contribution in [3.8, 4) is 0 Å². The molecule has 0 atom stereocenters. The average molecular weight is 89.1 g/mol. The Morgan fingerprint density at radius 2 is 1.17 bits per heavy atom. The third-order valence-corrected chi connectivity index (χ3v) is 0.354. The molecule has 0 aliphatic heterocycles. The Kier molecular flexibility index (Phi) is 4.78. The van der Waals surface area contributed by atoms with E-state index in [1.807, 2.05) is 0 Å². The number of rotatable bonds is 0. The number of hydrogen-bond acceptors (Lipinski definition) is 3. The summed E-state index contributed by atoms with van der Waals surface area (Å²) in [6.07, 6.45) is 4.50. The summed E-state index contributed by atoms with van der Waals surface area (Å²) < 4.78 is 0. The molecule has 0 aromatic carbocycles. The van der Waals surface area contributed by atoms with Gasteiger partial charge in [0.2, 0.25) is 0 Å². The first-order valence-electron chi connectivity index (χ1n) is 2.08. The van der Waals surface area contributed by atoms with Gasteiger partial charge in [0.15, 0.2) is 0 Å². The normalized spacial score (nSPS) is 15.0. The van der Waals surface area contributed by atoms with E-state index in [2.05, 4.69) is 11.7 Å². The summed E-state index contributed by atoms with van der Waals surface area (Å²) in [6, 6.07) is 0. The van der Waals surface area contributed by atoms with E-state index < -0.39 is 0 Å². The minimum Gasteiger partial charge on any atom is -0.258 e. The van der Waals surface area contributed by atoms with Gasteiger partial charge in [0.1, 0.15) is 0 Å². The maximum atomic E-state index is 4.38. The van der Waals surface area contributed by atoms with Crippen molar-refractivity contribution in [3.63, 3.8) is 0 Å². The Hall–Kier alpha value is -0.120. The highest BCUT2D eigenvalue weighted by molar-refractivity contribution is 4.50. The lowest BCUT2D eigenvalue weighted by Gasteiger charge is -1.64. The Morgan fingerprint density at radius 1 is 1.00 bits per heavy atom. The number of hydrogen-bond donors (Lipinski definition) is 3. The molecule has 0 heterocycles. The van der Waals surface area contributed by atoms with E-state index in [0.29, 0.717) is 0 Å². The van der Waals surface area contributed by atoms with E-state index in [-0.39, 0.29) is 0 Å². The first-order chi connectivity index (χ1) is 2.91. The van der Waals surface area contributed by atoms with E-state index in [9.17, 15) is 0 Å². The topological polar surface area (TPSA) is 64.1 Å². The molecule has 0 aromatic rings. The van der Waals surface area contributed by atoms with Crippen LogP contribution >= 0.6 is 0 Å². The summed E-state index contributed by atoms with van der Waals surface area (Å²) in [6.45, 7) is 0. The molecule has 5 N–H and O–H groups in total. The third kappa shape index (κ3) is 41.6. The summed E-state index contributed by atoms with van der Waals surface area (Å²) in [5.41, 5.74) is 1.75. The lowest BCUT2D eigenvalue weighted by molar-refractivity contribution is 0.803. The van der Waals surface area contributed by atoms with Crippen LogP contribution in [0, 0.1) is 0 Å². The summed E-state index contributed by atoms with van der Waals surface area (Å²) in [5.74, 6) is 8.75. The van der Waals surface area contributed by atoms with E-state index in [1.165, 1.54) is 19.3 Å². The molecule has 6 heavy (non-hydrogen) atoms. The van der Waals surface area contributed by atoms with Crippen LogP contribution in [0.3, 0.4) is 0 Å². The third-order valence-electron chi connectivity index (χ3n) is 0.354. The van der Waals surface area contributed by atoms with Crippen LogP contribution in [0.5, 0.6) is 0 Å². The monoisotopic (exact) mass is 89.1 g/mol. The predicted molar refractivity (Wildman–Crippen MR) is 25.4 cm³/mol. The van der Waals surface area contributed by atoms with Gasteiger partial charge in [-0.3, -0.25) is 11.7 Å². The Balaban J connectivity index is 0.0000000833. The highest BCUT2D eigenvalue weighted by atomic mass is 15.4. The smallest absolute Gasteiger partial charge is 0.0533 e. The van der Waals surface area contributed by atoms with Gasteiger partial charge in [-0.15, -0.1) is 0 Å². The van der Waals surface area contributed by atoms with Crippen molar-refractivity contribution in [1.82, 2.24) is 5.53 Å². The highest BCUT2D eigenvalue weighted by Gasteiger charge is 1.95. The lowest BCUT2D eigenvalue weighted by Crippen LogP contribution is -2.29. The van der Waals surface area contributed by atoms with Crippen LogP contribution in [0.25, 0.3) is 0 Å². The Morgan fingerprint density at radius 3 is 1.17 bits per heavy atom. The van der Waals surface area contributed by atoms with E-state index >= 15 is 0 Å². The molecule has 1 aliphatic rings. The maximum absolute atomic E-state index is 4.38. The number of hydrazine groups is 2. The zero-order chi connectivity index (χ0) is 4.83. The molecular weight excluding hydrogens is 78.1 g/mol. The molecule has 0 bridgehead atoms. The molecule has 0 unspecified atom stereocenters. The highest BCUT2D eigenvalue weighted by Crippen LogP contribution is 2.14. The van der Waals surface area contributed by atoms with Crippen molar-refractivity contribution < 1.29 is 0 Å². The van der Waals surface area contributed by atoms with Gasteiger partial charge in [-0.05, 0) is 0 Å². The van der Waals surface area contributed by atoms with Gasteiger partial charge >= 0.3 is 0 Å². The standard InChI is InChI=1S/C3H6.H5N3/c1-2-3-1;1-3-2/h1-3H2;3H,1-2H2. The van der Waals surface area contributed by atoms with Crippen LogP contribution in [-0.4, -0.2) is 0 Å². The summed E-state index contributed by atoms with van der Waals surface area (Å²) in [5, 5.41) is 0. The molecule has 38 valence electrons. The Labute approximate surface area is 37.6 Å². The Bertz CT molecular complexity index is 17.2. The van der Waals surface area contributed by atoms with Gasteiger partial charge in [0.25, 0.3) is 0 Å². The molecule has 3 heteroatoms. The van der Waals surface area contributed by atoms with Crippen LogP contribution in [0.1, 0.15) is 19.3 Å². The molecule has 0 aromatic heterocycles. The van der Waals surface area contributed by atoms with E-state index in [0.717, 1.165) is 0 Å². The first-order valence-corrected chi connectivity index (χ1v) is 2.08. The SMILES string of the molecule is C1CC1.NNN. The fourth-order valence-electron chi connectivity index (χ4n) is 0. The molecule has 0 saturated heterocycles. The first kappa shape index (κ1) is 5.88. The van der Waals surface area contributed by atoms with Crippen LogP contribution in [0.15, 0.2) is 0 Å². The molecule has 0 radical (unpaired) electrons. The fourth-order valence-corrected chi connectivity index (χ4v) is 0. The van der Waals surface area contributed by atoms with Crippen LogP contribution in [-0.2, 0) is 0 Å². The zero-order valence-electron chi connectivity index (χ0n) is 3.78. The summed E-state index contributed by atoms with van der Waals surface area (Å²) >= 11 is 0. The average Bonchev–Trinajstić information content (AvgIpc) is 2.11. The van der Waals surface area contributed by atoms with Crippen molar-refractivity contribution >= 4 is 0 Å². The molecule has 1 saturated carbocycles. The summed E-state index contributed by atoms with van der Waals surface area (Å²) in [7, 11) is 0. The largest absolute Gasteiger partial charge is 0.258 e. The van der Waals surface area contributed by atoms with Gasteiger partial charge in [0.05, 0.1) is 0 Å². The van der Waals surface area contributed by atoms with Gasteiger partial charge in [0, 0.05) is 0 Å². The minimum atomic E-state index is 1.50.